The van der Waals surface area contributed by atoms with E-state index in [1.165, 1.54) is 24.3 Å². The van der Waals surface area contributed by atoms with Crippen LogP contribution in [0.25, 0.3) is 0 Å². The maximum atomic E-state index is 13.5. The van der Waals surface area contributed by atoms with Crippen LogP contribution < -0.4 is 19.7 Å². The molecular formula is C29H30FN3O4S. The molecule has 3 aromatic rings. The first-order valence-electron chi connectivity index (χ1n) is 12.3. The van der Waals surface area contributed by atoms with Crippen molar-refractivity contribution in [2.75, 3.05) is 32.2 Å². The van der Waals surface area contributed by atoms with Gasteiger partial charge in [0.15, 0.2) is 16.6 Å². The number of hydrogen-bond donors (Lipinski definition) is 1. The number of thiocarbonyl (C=S) groups is 1. The summed E-state index contributed by atoms with van der Waals surface area (Å²) in [5.74, 6) is 0.0492. The van der Waals surface area contributed by atoms with Gasteiger partial charge in [0, 0.05) is 13.1 Å². The summed E-state index contributed by atoms with van der Waals surface area (Å²) in [6.45, 7) is 0.972. The molecule has 9 heteroatoms. The lowest BCUT2D eigenvalue weighted by molar-refractivity contribution is -0.122. The Balaban J connectivity index is 1.52. The highest BCUT2D eigenvalue weighted by atomic mass is 32.1. The van der Waals surface area contributed by atoms with Gasteiger partial charge < -0.3 is 19.7 Å². The predicted molar refractivity (Wildman–Crippen MR) is 148 cm³/mol. The Labute approximate surface area is 227 Å². The number of rotatable bonds is 10. The highest BCUT2D eigenvalue weighted by Crippen LogP contribution is 2.29. The van der Waals surface area contributed by atoms with Gasteiger partial charge in [-0.05, 0) is 72.6 Å². The molecule has 2 amide bonds. The summed E-state index contributed by atoms with van der Waals surface area (Å²) in [7, 11) is 3.15. The first-order chi connectivity index (χ1) is 18.4. The fourth-order valence-electron chi connectivity index (χ4n) is 4.47. The molecule has 0 aliphatic carbocycles. The molecule has 0 spiro atoms. The Morgan fingerprint density at radius 2 is 1.68 bits per heavy atom. The Morgan fingerprint density at radius 3 is 2.37 bits per heavy atom. The normalized spacial score (nSPS) is 14.9. The molecule has 1 aliphatic rings. The molecule has 198 valence electrons. The van der Waals surface area contributed by atoms with Crippen molar-refractivity contribution in [3.63, 3.8) is 0 Å². The van der Waals surface area contributed by atoms with Gasteiger partial charge in [-0.25, -0.2) is 9.29 Å². The molecule has 1 fully saturated rings. The van der Waals surface area contributed by atoms with Gasteiger partial charge in [0.25, 0.3) is 5.91 Å². The van der Waals surface area contributed by atoms with Crippen LogP contribution in [0.3, 0.4) is 0 Å². The zero-order chi connectivity index (χ0) is 27.1. The summed E-state index contributed by atoms with van der Waals surface area (Å²) >= 11 is 5.73. The van der Waals surface area contributed by atoms with Crippen molar-refractivity contribution in [2.24, 2.45) is 0 Å². The van der Waals surface area contributed by atoms with Gasteiger partial charge >= 0.3 is 0 Å². The highest BCUT2D eigenvalue weighted by Gasteiger charge is 2.43. The molecule has 0 bridgehead atoms. The average Bonchev–Trinajstić information content (AvgIpc) is 3.23. The first-order valence-corrected chi connectivity index (χ1v) is 12.7. The van der Waals surface area contributed by atoms with Crippen LogP contribution >= 0.6 is 12.2 Å². The third-order valence-corrected chi connectivity index (χ3v) is 6.85. The molecule has 7 nitrogen and oxygen atoms in total. The molecule has 1 aliphatic heterocycles. The lowest BCUT2D eigenvalue weighted by Gasteiger charge is -2.30. The standard InChI is InChI=1S/C29H30FN3O4S/c1-36-25-13-8-21(18-26(25)37-2)15-17-32(29(38)31-16-14-20-6-4-3-5-7-20)24-19-27(34)33(28(24)35)23-11-9-22(30)10-12-23/h3-13,18,24H,14-17,19H2,1-2H3,(H,31,38). The van der Waals surface area contributed by atoms with E-state index in [0.29, 0.717) is 41.8 Å². The fraction of sp³-hybridized carbons (Fsp3) is 0.276. The summed E-state index contributed by atoms with van der Waals surface area (Å²) in [6.07, 6.45) is 1.28. The first kappa shape index (κ1) is 27.1. The molecule has 1 heterocycles. The Kier molecular flexibility index (Phi) is 8.91. The maximum Gasteiger partial charge on any atom is 0.257 e. The molecular weight excluding hydrogens is 505 g/mol. The van der Waals surface area contributed by atoms with E-state index in [2.05, 4.69) is 5.32 Å². The number of anilines is 1. The van der Waals surface area contributed by atoms with Crippen LogP contribution in [-0.2, 0) is 22.4 Å². The fourth-order valence-corrected chi connectivity index (χ4v) is 4.79. The van der Waals surface area contributed by atoms with Crippen molar-refractivity contribution in [1.29, 1.82) is 0 Å². The molecule has 1 saturated heterocycles. The number of carbonyl (C=O) groups is 2. The number of hydrogen-bond acceptors (Lipinski definition) is 5. The second-order valence-electron chi connectivity index (χ2n) is 8.86. The van der Waals surface area contributed by atoms with Crippen molar-refractivity contribution < 1.29 is 23.5 Å². The largest absolute Gasteiger partial charge is 0.493 e. The molecule has 0 aromatic heterocycles. The van der Waals surface area contributed by atoms with E-state index in [0.717, 1.165) is 22.4 Å². The van der Waals surface area contributed by atoms with Crippen LogP contribution in [0.4, 0.5) is 10.1 Å². The summed E-state index contributed by atoms with van der Waals surface area (Å²) in [5, 5.41) is 3.66. The van der Waals surface area contributed by atoms with Crippen LogP contribution in [0.2, 0.25) is 0 Å². The quantitative estimate of drug-likeness (QED) is 0.309. The van der Waals surface area contributed by atoms with Crippen molar-refractivity contribution in [3.05, 3.63) is 89.7 Å². The number of carbonyl (C=O) groups excluding carboxylic acids is 2. The van der Waals surface area contributed by atoms with Crippen LogP contribution in [-0.4, -0.2) is 55.2 Å². The molecule has 3 aromatic carbocycles. The third kappa shape index (κ3) is 6.28. The smallest absolute Gasteiger partial charge is 0.257 e. The zero-order valence-electron chi connectivity index (χ0n) is 21.4. The van der Waals surface area contributed by atoms with Gasteiger partial charge in [-0.15, -0.1) is 0 Å². The second kappa shape index (κ2) is 12.5. The highest BCUT2D eigenvalue weighted by molar-refractivity contribution is 7.80. The van der Waals surface area contributed by atoms with Crippen LogP contribution in [0.15, 0.2) is 72.8 Å². The van der Waals surface area contributed by atoms with Gasteiger partial charge in [-0.2, -0.15) is 0 Å². The number of benzene rings is 3. The lowest BCUT2D eigenvalue weighted by atomic mass is 10.1. The molecule has 38 heavy (non-hydrogen) atoms. The molecule has 1 unspecified atom stereocenters. The van der Waals surface area contributed by atoms with Gasteiger partial charge in [0.05, 0.1) is 26.3 Å². The van der Waals surface area contributed by atoms with Crippen LogP contribution in [0, 0.1) is 5.82 Å². The van der Waals surface area contributed by atoms with Crippen molar-refractivity contribution in [2.45, 2.75) is 25.3 Å². The summed E-state index contributed by atoms with van der Waals surface area (Å²) in [6, 6.07) is 20.2. The van der Waals surface area contributed by atoms with E-state index in [-0.39, 0.29) is 18.2 Å². The minimum atomic E-state index is -0.774. The summed E-state index contributed by atoms with van der Waals surface area (Å²) in [5.41, 5.74) is 2.47. The van der Waals surface area contributed by atoms with Gasteiger partial charge in [-0.3, -0.25) is 9.59 Å². The summed E-state index contributed by atoms with van der Waals surface area (Å²) in [4.78, 5) is 29.3. The molecule has 0 saturated carbocycles. The van der Waals surface area contributed by atoms with E-state index in [4.69, 9.17) is 21.7 Å². The summed E-state index contributed by atoms with van der Waals surface area (Å²) < 4.78 is 24.2. The van der Waals surface area contributed by atoms with E-state index in [1.807, 2.05) is 48.5 Å². The van der Waals surface area contributed by atoms with Crippen LogP contribution in [0.5, 0.6) is 11.5 Å². The minimum absolute atomic E-state index is 0.0252. The second-order valence-corrected chi connectivity index (χ2v) is 9.25. The third-order valence-electron chi connectivity index (χ3n) is 6.47. The van der Waals surface area contributed by atoms with Crippen molar-refractivity contribution in [1.82, 2.24) is 10.2 Å². The van der Waals surface area contributed by atoms with Gasteiger partial charge in [0.2, 0.25) is 5.91 Å². The monoisotopic (exact) mass is 535 g/mol. The maximum absolute atomic E-state index is 13.5. The number of imide groups is 1. The lowest BCUT2D eigenvalue weighted by Crippen LogP contribution is -2.50. The van der Waals surface area contributed by atoms with Crippen LogP contribution in [0.1, 0.15) is 17.5 Å². The number of halogens is 1. The number of amides is 2. The van der Waals surface area contributed by atoms with E-state index < -0.39 is 11.9 Å². The van der Waals surface area contributed by atoms with E-state index in [9.17, 15) is 14.0 Å². The predicted octanol–water partition coefficient (Wildman–Crippen LogP) is 4.14. The molecule has 4 rings (SSSR count). The average molecular weight is 536 g/mol. The van der Waals surface area contributed by atoms with Crippen molar-refractivity contribution >= 4 is 34.8 Å². The van der Waals surface area contributed by atoms with Gasteiger partial charge in [0.1, 0.15) is 11.9 Å². The number of methoxy groups -OCH3 is 2. The number of nitrogens with zero attached hydrogens (tertiary/aromatic N) is 2. The van der Waals surface area contributed by atoms with E-state index >= 15 is 0 Å². The Bertz CT molecular complexity index is 1290. The number of ether oxygens (including phenoxy) is 2. The Hall–Kier alpha value is -3.98. The Morgan fingerprint density at radius 1 is 0.974 bits per heavy atom. The number of nitrogens with one attached hydrogen (secondary N) is 1. The molecule has 1 atom stereocenters. The molecule has 0 radical (unpaired) electrons. The topological polar surface area (TPSA) is 71.1 Å². The minimum Gasteiger partial charge on any atom is -0.493 e. The SMILES string of the molecule is COc1ccc(CCN(C(=S)NCCc2ccccc2)C2CC(=O)N(c3ccc(F)cc3)C2=O)cc1OC. The van der Waals surface area contributed by atoms with Gasteiger partial charge in [-0.1, -0.05) is 36.4 Å². The zero-order valence-corrected chi connectivity index (χ0v) is 22.2. The molecule has 1 N–H and O–H groups in total. The van der Waals surface area contributed by atoms with E-state index in [1.54, 1.807) is 19.1 Å². The van der Waals surface area contributed by atoms with Crippen molar-refractivity contribution in [3.8, 4) is 11.5 Å².